The van der Waals surface area contributed by atoms with E-state index in [1.54, 1.807) is 0 Å². The van der Waals surface area contributed by atoms with Crippen LogP contribution in [0.25, 0.3) is 0 Å². The van der Waals surface area contributed by atoms with Crippen molar-refractivity contribution >= 4 is 26.0 Å². The van der Waals surface area contributed by atoms with Gasteiger partial charge in [-0.15, -0.1) is 5.10 Å². The van der Waals surface area contributed by atoms with E-state index in [0.717, 1.165) is 4.68 Å². The van der Waals surface area contributed by atoms with Crippen molar-refractivity contribution in [3.8, 4) is 0 Å². The van der Waals surface area contributed by atoms with Gasteiger partial charge in [0.05, 0.1) is 0 Å². The molecule has 0 saturated heterocycles. The fourth-order valence-electron chi connectivity index (χ4n) is 1.33. The summed E-state index contributed by atoms with van der Waals surface area (Å²) in [4.78, 5) is 0. The van der Waals surface area contributed by atoms with Crippen molar-refractivity contribution in [2.75, 3.05) is 6.54 Å². The van der Waals surface area contributed by atoms with Crippen LogP contribution in [0.4, 0.5) is 13.2 Å². The Labute approximate surface area is 116 Å². The largest absolute Gasteiger partial charge is 0.389 e. The molecular weight excluding hydrogens is 353 g/mol. The first-order chi connectivity index (χ1) is 8.63. The summed E-state index contributed by atoms with van der Waals surface area (Å²) in [5.74, 6) is 0. The number of aromatic nitrogens is 3. The molecule has 1 heterocycles. The number of nitrogens with zero attached hydrogens (tertiary/aromatic N) is 3. The monoisotopic (exact) mass is 364 g/mol. The predicted molar refractivity (Wildman–Crippen MR) is 63.8 cm³/mol. The average Bonchev–Trinajstić information content (AvgIpc) is 2.56. The number of rotatable bonds is 6. The van der Waals surface area contributed by atoms with Crippen LogP contribution in [0.2, 0.25) is 0 Å². The summed E-state index contributed by atoms with van der Waals surface area (Å²) in [6.45, 7) is -0.0734. The number of hydrogen-bond donors (Lipinski definition) is 1. The van der Waals surface area contributed by atoms with E-state index < -0.39 is 22.6 Å². The van der Waals surface area contributed by atoms with Gasteiger partial charge in [0, 0.05) is 20.0 Å². The number of halogens is 4. The molecule has 0 unspecified atom stereocenters. The molecule has 11 heteroatoms. The van der Waals surface area contributed by atoms with Crippen molar-refractivity contribution in [2.45, 2.75) is 30.5 Å². The lowest BCUT2D eigenvalue weighted by atomic mass is 10.2. The van der Waals surface area contributed by atoms with Crippen LogP contribution in [0.3, 0.4) is 0 Å². The fraction of sp³-hybridized carbons (Fsp3) is 0.750. The average molecular weight is 365 g/mol. The van der Waals surface area contributed by atoms with Crippen molar-refractivity contribution < 1.29 is 21.6 Å². The highest BCUT2D eigenvalue weighted by molar-refractivity contribution is 9.10. The third-order valence-electron chi connectivity index (χ3n) is 2.17. The van der Waals surface area contributed by atoms with E-state index in [2.05, 4.69) is 31.0 Å². The van der Waals surface area contributed by atoms with Crippen molar-refractivity contribution in [3.63, 3.8) is 0 Å². The van der Waals surface area contributed by atoms with Gasteiger partial charge in [-0.25, -0.2) is 17.8 Å². The summed E-state index contributed by atoms with van der Waals surface area (Å²) in [5, 5.41) is 6.87. The number of hydrogen-bond acceptors (Lipinski definition) is 4. The number of alkyl halides is 3. The fourth-order valence-corrected chi connectivity index (χ4v) is 3.50. The van der Waals surface area contributed by atoms with Crippen LogP contribution in [0.1, 0.15) is 19.3 Å². The van der Waals surface area contributed by atoms with Crippen LogP contribution in [0, 0.1) is 0 Å². The second kappa shape index (κ2) is 6.18. The molecule has 0 aliphatic rings. The van der Waals surface area contributed by atoms with Crippen LogP contribution < -0.4 is 4.72 Å². The quantitative estimate of drug-likeness (QED) is 0.777. The predicted octanol–water partition coefficient (Wildman–Crippen LogP) is 1.59. The summed E-state index contributed by atoms with van der Waals surface area (Å²) in [6, 6.07) is 0. The molecule has 1 rings (SSSR count). The van der Waals surface area contributed by atoms with Gasteiger partial charge in [0.2, 0.25) is 5.03 Å². The van der Waals surface area contributed by atoms with E-state index in [4.69, 9.17) is 0 Å². The van der Waals surface area contributed by atoms with Crippen LogP contribution in [0.15, 0.2) is 9.63 Å². The lowest BCUT2D eigenvalue weighted by Crippen LogP contribution is -2.27. The molecule has 0 fully saturated rings. The number of unbranched alkanes of at least 4 members (excludes halogenated alkanes) is 1. The SMILES string of the molecule is Cn1nnc(Br)c1S(=O)(=O)NCCCCC(F)(F)F. The van der Waals surface area contributed by atoms with Gasteiger partial charge in [0.15, 0.2) is 4.60 Å². The van der Waals surface area contributed by atoms with Gasteiger partial charge in [-0.1, -0.05) is 5.21 Å². The summed E-state index contributed by atoms with van der Waals surface area (Å²) >= 11 is 2.94. The Hall–Kier alpha value is -0.680. The van der Waals surface area contributed by atoms with Crippen LogP contribution in [-0.2, 0) is 17.1 Å². The Morgan fingerprint density at radius 3 is 2.47 bits per heavy atom. The van der Waals surface area contributed by atoms with Gasteiger partial charge in [-0.3, -0.25) is 0 Å². The maximum Gasteiger partial charge on any atom is 0.389 e. The molecule has 0 aromatic carbocycles. The van der Waals surface area contributed by atoms with Gasteiger partial charge >= 0.3 is 6.18 Å². The molecule has 0 bridgehead atoms. The van der Waals surface area contributed by atoms with Gasteiger partial charge in [-0.05, 0) is 28.8 Å². The zero-order valence-electron chi connectivity index (χ0n) is 9.91. The summed E-state index contributed by atoms with van der Waals surface area (Å²) in [5.41, 5.74) is 0. The normalized spacial score (nSPS) is 12.9. The second-order valence-electron chi connectivity index (χ2n) is 3.78. The molecule has 19 heavy (non-hydrogen) atoms. The Morgan fingerprint density at radius 1 is 1.37 bits per heavy atom. The van der Waals surface area contributed by atoms with Gasteiger partial charge in [0.1, 0.15) is 0 Å². The van der Waals surface area contributed by atoms with Gasteiger partial charge in [-0.2, -0.15) is 13.2 Å². The minimum absolute atomic E-state index is 0.0535. The molecule has 0 aliphatic carbocycles. The molecule has 0 atom stereocenters. The first-order valence-electron chi connectivity index (χ1n) is 5.25. The lowest BCUT2D eigenvalue weighted by Gasteiger charge is -2.08. The Morgan fingerprint density at radius 2 is 2.00 bits per heavy atom. The zero-order chi connectivity index (χ0) is 14.7. The molecule has 0 amide bonds. The highest BCUT2D eigenvalue weighted by atomic mass is 79.9. The van der Waals surface area contributed by atoms with E-state index in [9.17, 15) is 21.6 Å². The molecular formula is C8H12BrF3N4O2S. The molecule has 0 spiro atoms. The van der Waals surface area contributed by atoms with E-state index >= 15 is 0 Å². The maximum atomic E-state index is 11.9. The van der Waals surface area contributed by atoms with E-state index in [0.29, 0.717) is 0 Å². The lowest BCUT2D eigenvalue weighted by molar-refractivity contribution is -0.135. The van der Waals surface area contributed by atoms with Crippen LogP contribution in [-0.4, -0.2) is 36.1 Å². The van der Waals surface area contributed by atoms with Gasteiger partial charge in [0.25, 0.3) is 10.0 Å². The third-order valence-corrected chi connectivity index (χ3v) is 4.52. The molecule has 6 nitrogen and oxygen atoms in total. The second-order valence-corrected chi connectivity index (χ2v) is 6.21. The Balaban J connectivity index is 2.49. The topological polar surface area (TPSA) is 76.9 Å². The van der Waals surface area contributed by atoms with E-state index in [-0.39, 0.29) is 29.0 Å². The maximum absolute atomic E-state index is 11.9. The molecule has 1 aromatic heterocycles. The molecule has 0 radical (unpaired) electrons. The Kier molecular flexibility index (Phi) is 5.33. The smallest absolute Gasteiger partial charge is 0.235 e. The Bertz CT molecular complexity index is 509. The standard InChI is InChI=1S/C8H12BrF3N4O2S/c1-16-7(6(9)14-15-16)19(17,18)13-5-3-2-4-8(10,11)12/h13H,2-5H2,1H3. The van der Waals surface area contributed by atoms with Crippen molar-refractivity contribution in [3.05, 3.63) is 4.60 Å². The molecule has 1 aromatic rings. The van der Waals surface area contributed by atoms with E-state index in [1.807, 2.05) is 0 Å². The molecule has 110 valence electrons. The molecule has 0 saturated carbocycles. The number of nitrogens with one attached hydrogen (secondary N) is 1. The van der Waals surface area contributed by atoms with Crippen molar-refractivity contribution in [1.82, 2.24) is 19.7 Å². The highest BCUT2D eigenvalue weighted by Gasteiger charge is 2.26. The van der Waals surface area contributed by atoms with Crippen LogP contribution in [0.5, 0.6) is 0 Å². The third kappa shape index (κ3) is 5.07. The molecule has 0 aliphatic heterocycles. The minimum Gasteiger partial charge on any atom is -0.235 e. The summed E-state index contributed by atoms with van der Waals surface area (Å²) in [7, 11) is -2.44. The summed E-state index contributed by atoms with van der Waals surface area (Å²) in [6.07, 6.45) is -5.17. The van der Waals surface area contributed by atoms with Crippen LogP contribution >= 0.6 is 15.9 Å². The minimum atomic E-state index is -4.21. The van der Waals surface area contributed by atoms with Crippen molar-refractivity contribution in [1.29, 1.82) is 0 Å². The molecule has 1 N–H and O–H groups in total. The first kappa shape index (κ1) is 16.4. The van der Waals surface area contributed by atoms with Crippen molar-refractivity contribution in [2.24, 2.45) is 7.05 Å². The first-order valence-corrected chi connectivity index (χ1v) is 7.53. The highest BCUT2D eigenvalue weighted by Crippen LogP contribution is 2.22. The number of sulfonamides is 1. The van der Waals surface area contributed by atoms with Gasteiger partial charge < -0.3 is 0 Å². The summed E-state index contributed by atoms with van der Waals surface area (Å²) < 4.78 is 62.6. The van der Waals surface area contributed by atoms with E-state index in [1.165, 1.54) is 7.05 Å². The number of aryl methyl sites for hydroxylation is 1. The zero-order valence-corrected chi connectivity index (χ0v) is 12.3.